The first-order valence-electron chi connectivity index (χ1n) is 7.04. The highest BCUT2D eigenvalue weighted by atomic mass is 15.3. The van der Waals surface area contributed by atoms with Gasteiger partial charge in [0, 0.05) is 32.7 Å². The van der Waals surface area contributed by atoms with Crippen LogP contribution < -0.4 is 15.1 Å². The molecule has 0 saturated carbocycles. The molecule has 3 heteroatoms. The molecule has 1 atom stereocenters. The monoisotopic (exact) mass is 245 g/mol. The van der Waals surface area contributed by atoms with Crippen LogP contribution in [0.3, 0.4) is 0 Å². The van der Waals surface area contributed by atoms with E-state index in [1.807, 2.05) is 0 Å². The number of aryl methyl sites for hydroxylation is 2. The summed E-state index contributed by atoms with van der Waals surface area (Å²) in [6.07, 6.45) is 0. The van der Waals surface area contributed by atoms with Gasteiger partial charge in [-0.25, -0.2) is 0 Å². The number of rotatable bonds is 1. The summed E-state index contributed by atoms with van der Waals surface area (Å²) in [6, 6.07) is 5.30. The standard InChI is InChI=1S/C15H23N3/c1-4-17-10-13-9-16-5-6-18(13)14-8-11(2)7-12(3)15(14)17/h7-8,13,16H,4-6,9-10H2,1-3H3. The summed E-state index contributed by atoms with van der Waals surface area (Å²) in [6.45, 7) is 12.3. The second kappa shape index (κ2) is 4.47. The summed E-state index contributed by atoms with van der Waals surface area (Å²) in [5.41, 5.74) is 5.71. The van der Waals surface area contributed by atoms with Crippen molar-refractivity contribution in [3.63, 3.8) is 0 Å². The molecule has 1 aromatic rings. The molecule has 98 valence electrons. The van der Waals surface area contributed by atoms with E-state index < -0.39 is 0 Å². The molecule has 0 aromatic heterocycles. The van der Waals surface area contributed by atoms with E-state index in [9.17, 15) is 0 Å². The van der Waals surface area contributed by atoms with Crippen LogP contribution in [0.25, 0.3) is 0 Å². The lowest BCUT2D eigenvalue weighted by molar-refractivity contribution is 0.460. The minimum absolute atomic E-state index is 0.632. The maximum atomic E-state index is 3.52. The number of anilines is 2. The summed E-state index contributed by atoms with van der Waals surface area (Å²) in [4.78, 5) is 5.15. The van der Waals surface area contributed by atoms with Gasteiger partial charge in [-0.05, 0) is 38.0 Å². The van der Waals surface area contributed by atoms with Crippen molar-refractivity contribution in [2.75, 3.05) is 42.5 Å². The van der Waals surface area contributed by atoms with Crippen LogP contribution >= 0.6 is 0 Å². The van der Waals surface area contributed by atoms with Gasteiger partial charge < -0.3 is 15.1 Å². The average molecular weight is 245 g/mol. The van der Waals surface area contributed by atoms with Crippen LogP contribution in [0.5, 0.6) is 0 Å². The number of fused-ring (bicyclic) bond motifs is 3. The normalized spacial score (nSPS) is 22.7. The van der Waals surface area contributed by atoms with Crippen LogP contribution in [0.1, 0.15) is 18.1 Å². The lowest BCUT2D eigenvalue weighted by atomic mass is 9.99. The van der Waals surface area contributed by atoms with Gasteiger partial charge in [0.1, 0.15) is 0 Å². The van der Waals surface area contributed by atoms with Crippen LogP contribution in [-0.4, -0.2) is 38.8 Å². The fourth-order valence-corrected chi connectivity index (χ4v) is 3.44. The van der Waals surface area contributed by atoms with Gasteiger partial charge in [0.05, 0.1) is 17.4 Å². The summed E-state index contributed by atoms with van der Waals surface area (Å²) in [7, 11) is 0. The maximum Gasteiger partial charge on any atom is 0.0634 e. The molecule has 2 heterocycles. The molecule has 3 rings (SSSR count). The summed E-state index contributed by atoms with van der Waals surface area (Å²) >= 11 is 0. The number of piperazine rings is 1. The number of nitrogens with one attached hydrogen (secondary N) is 1. The largest absolute Gasteiger partial charge is 0.368 e. The summed E-state index contributed by atoms with van der Waals surface area (Å²) in [5, 5.41) is 3.52. The first-order valence-corrected chi connectivity index (χ1v) is 7.04. The van der Waals surface area contributed by atoms with Crippen molar-refractivity contribution >= 4 is 11.4 Å². The van der Waals surface area contributed by atoms with Crippen molar-refractivity contribution in [3.05, 3.63) is 23.3 Å². The van der Waals surface area contributed by atoms with Crippen molar-refractivity contribution < 1.29 is 0 Å². The van der Waals surface area contributed by atoms with Crippen molar-refractivity contribution in [2.24, 2.45) is 0 Å². The van der Waals surface area contributed by atoms with E-state index >= 15 is 0 Å². The van der Waals surface area contributed by atoms with Crippen LogP contribution in [0.2, 0.25) is 0 Å². The Hall–Kier alpha value is -1.22. The molecule has 0 spiro atoms. The zero-order valence-electron chi connectivity index (χ0n) is 11.7. The van der Waals surface area contributed by atoms with Gasteiger partial charge in [0.15, 0.2) is 0 Å². The van der Waals surface area contributed by atoms with Gasteiger partial charge in [-0.3, -0.25) is 0 Å². The van der Waals surface area contributed by atoms with E-state index in [2.05, 4.69) is 48.0 Å². The number of nitrogens with zero attached hydrogens (tertiary/aromatic N) is 2. The first kappa shape index (κ1) is 11.8. The summed E-state index contributed by atoms with van der Waals surface area (Å²) < 4.78 is 0. The molecule has 18 heavy (non-hydrogen) atoms. The Bertz CT molecular complexity index is 455. The minimum Gasteiger partial charge on any atom is -0.368 e. The Labute approximate surface area is 110 Å². The Kier molecular flexibility index (Phi) is 2.94. The quantitative estimate of drug-likeness (QED) is 0.815. The van der Waals surface area contributed by atoms with Crippen molar-refractivity contribution in [3.8, 4) is 0 Å². The molecule has 1 unspecified atom stereocenters. The number of likely N-dealkylation sites (N-methyl/N-ethyl adjacent to an activating group) is 1. The van der Waals surface area contributed by atoms with Gasteiger partial charge in [0.2, 0.25) is 0 Å². The lowest BCUT2D eigenvalue weighted by Crippen LogP contribution is -2.59. The van der Waals surface area contributed by atoms with Crippen molar-refractivity contribution in [2.45, 2.75) is 26.8 Å². The SMILES string of the molecule is CCN1CC2CNCCN2c2cc(C)cc(C)c21. The molecule has 2 aliphatic heterocycles. The zero-order chi connectivity index (χ0) is 12.7. The van der Waals surface area contributed by atoms with Gasteiger partial charge >= 0.3 is 0 Å². The third kappa shape index (κ3) is 1.77. The predicted molar refractivity (Wildman–Crippen MR) is 77.8 cm³/mol. The van der Waals surface area contributed by atoms with E-state index in [1.54, 1.807) is 0 Å². The zero-order valence-corrected chi connectivity index (χ0v) is 11.7. The second-order valence-electron chi connectivity index (χ2n) is 5.54. The third-order valence-corrected chi connectivity index (χ3v) is 4.21. The second-order valence-corrected chi connectivity index (χ2v) is 5.54. The van der Waals surface area contributed by atoms with Gasteiger partial charge in [-0.1, -0.05) is 6.07 Å². The topological polar surface area (TPSA) is 18.5 Å². The molecular weight excluding hydrogens is 222 g/mol. The molecule has 1 fully saturated rings. The van der Waals surface area contributed by atoms with Crippen LogP contribution in [-0.2, 0) is 0 Å². The average Bonchev–Trinajstić information content (AvgIpc) is 2.37. The van der Waals surface area contributed by atoms with Crippen LogP contribution in [0.4, 0.5) is 11.4 Å². The molecule has 2 aliphatic rings. The molecule has 0 bridgehead atoms. The molecule has 0 radical (unpaired) electrons. The highest BCUT2D eigenvalue weighted by Gasteiger charge is 2.32. The molecule has 0 amide bonds. The molecule has 0 aliphatic carbocycles. The first-order chi connectivity index (χ1) is 8.70. The predicted octanol–water partition coefficient (Wildman–Crippen LogP) is 1.92. The molecule has 3 nitrogen and oxygen atoms in total. The smallest absolute Gasteiger partial charge is 0.0634 e. The van der Waals surface area contributed by atoms with E-state index in [-0.39, 0.29) is 0 Å². The lowest BCUT2D eigenvalue weighted by Gasteiger charge is -2.47. The Morgan fingerprint density at radius 1 is 1.33 bits per heavy atom. The van der Waals surface area contributed by atoms with E-state index in [0.29, 0.717) is 6.04 Å². The van der Waals surface area contributed by atoms with E-state index in [0.717, 1.165) is 32.7 Å². The Balaban J connectivity index is 2.11. The van der Waals surface area contributed by atoms with Crippen molar-refractivity contribution in [1.82, 2.24) is 5.32 Å². The Morgan fingerprint density at radius 3 is 2.94 bits per heavy atom. The van der Waals surface area contributed by atoms with Gasteiger partial charge in [-0.15, -0.1) is 0 Å². The highest BCUT2D eigenvalue weighted by Crippen LogP contribution is 2.39. The van der Waals surface area contributed by atoms with Gasteiger partial charge in [0.25, 0.3) is 0 Å². The van der Waals surface area contributed by atoms with E-state index in [1.165, 1.54) is 22.5 Å². The van der Waals surface area contributed by atoms with Crippen LogP contribution in [0.15, 0.2) is 12.1 Å². The minimum atomic E-state index is 0.632. The third-order valence-electron chi connectivity index (χ3n) is 4.21. The fourth-order valence-electron chi connectivity index (χ4n) is 3.44. The van der Waals surface area contributed by atoms with Crippen LogP contribution in [0, 0.1) is 13.8 Å². The van der Waals surface area contributed by atoms with E-state index in [4.69, 9.17) is 0 Å². The molecule has 1 N–H and O–H groups in total. The Morgan fingerprint density at radius 2 is 2.17 bits per heavy atom. The molecular formula is C15H23N3. The van der Waals surface area contributed by atoms with Crippen molar-refractivity contribution in [1.29, 1.82) is 0 Å². The number of hydrogen-bond acceptors (Lipinski definition) is 3. The summed E-state index contributed by atoms with van der Waals surface area (Å²) in [5.74, 6) is 0. The maximum absolute atomic E-state index is 3.52. The number of benzene rings is 1. The number of hydrogen-bond donors (Lipinski definition) is 1. The molecule has 1 saturated heterocycles. The van der Waals surface area contributed by atoms with Gasteiger partial charge in [-0.2, -0.15) is 0 Å². The molecule has 1 aromatic carbocycles. The highest BCUT2D eigenvalue weighted by molar-refractivity contribution is 5.78. The fraction of sp³-hybridized carbons (Fsp3) is 0.600.